The second-order valence-corrected chi connectivity index (χ2v) is 4.96. The Morgan fingerprint density at radius 2 is 2.16 bits per heavy atom. The number of amides is 1. The first-order valence-electron chi connectivity index (χ1n) is 6.35. The zero-order valence-electron chi connectivity index (χ0n) is 11.9. The number of hydrogen-bond donors (Lipinski definition) is 2. The van der Waals surface area contributed by atoms with Crippen LogP contribution in [-0.4, -0.2) is 36.1 Å². The molecule has 0 aliphatic heterocycles. The van der Waals surface area contributed by atoms with Crippen molar-refractivity contribution in [1.82, 2.24) is 15.3 Å². The van der Waals surface area contributed by atoms with Crippen LogP contribution in [0.25, 0.3) is 0 Å². The minimum absolute atomic E-state index is 0.152. The zero-order chi connectivity index (χ0) is 14.4. The van der Waals surface area contributed by atoms with Gasteiger partial charge >= 0.3 is 0 Å². The van der Waals surface area contributed by atoms with E-state index in [1.165, 1.54) is 6.20 Å². The van der Waals surface area contributed by atoms with Gasteiger partial charge in [-0.3, -0.25) is 4.79 Å². The second kappa shape index (κ2) is 7.04. The summed E-state index contributed by atoms with van der Waals surface area (Å²) in [6.07, 6.45) is 1.48. The third-order valence-corrected chi connectivity index (χ3v) is 2.63. The van der Waals surface area contributed by atoms with Gasteiger partial charge in [0.1, 0.15) is 5.82 Å². The maximum atomic E-state index is 12.0. The van der Waals surface area contributed by atoms with Crippen molar-refractivity contribution in [1.29, 1.82) is 0 Å². The van der Waals surface area contributed by atoms with Gasteiger partial charge in [-0.1, -0.05) is 20.8 Å². The van der Waals surface area contributed by atoms with Gasteiger partial charge in [0.15, 0.2) is 5.69 Å². The number of ether oxygens (including phenoxy) is 1. The summed E-state index contributed by atoms with van der Waals surface area (Å²) in [6.45, 7) is 7.04. The Bertz CT molecular complexity index is 435. The van der Waals surface area contributed by atoms with Crippen molar-refractivity contribution in [2.24, 2.45) is 5.92 Å². The highest BCUT2D eigenvalue weighted by Crippen LogP contribution is 2.13. The SMILES string of the molecule is COCC(C)CNC(=O)c1nc(C(C)C)ncc1N. The van der Waals surface area contributed by atoms with E-state index in [0.717, 1.165) is 0 Å². The van der Waals surface area contributed by atoms with E-state index in [1.807, 2.05) is 20.8 Å². The molecule has 0 saturated carbocycles. The molecule has 0 aliphatic carbocycles. The molecule has 1 aromatic heterocycles. The van der Waals surface area contributed by atoms with Gasteiger partial charge < -0.3 is 15.8 Å². The number of nitrogens with zero attached hydrogens (tertiary/aromatic N) is 2. The molecule has 1 aromatic rings. The van der Waals surface area contributed by atoms with Crippen LogP contribution in [0.1, 0.15) is 43.0 Å². The van der Waals surface area contributed by atoms with Crippen LogP contribution in [0.2, 0.25) is 0 Å². The molecular formula is C13H22N4O2. The fraction of sp³-hybridized carbons (Fsp3) is 0.615. The highest BCUT2D eigenvalue weighted by molar-refractivity contribution is 5.96. The maximum absolute atomic E-state index is 12.0. The van der Waals surface area contributed by atoms with E-state index in [1.54, 1.807) is 7.11 Å². The largest absolute Gasteiger partial charge is 0.396 e. The van der Waals surface area contributed by atoms with E-state index in [-0.39, 0.29) is 23.4 Å². The molecule has 1 amide bonds. The molecule has 1 rings (SSSR count). The van der Waals surface area contributed by atoms with Crippen LogP contribution in [0.3, 0.4) is 0 Å². The summed E-state index contributed by atoms with van der Waals surface area (Å²) in [5.41, 5.74) is 6.28. The number of aromatic nitrogens is 2. The van der Waals surface area contributed by atoms with Crippen LogP contribution in [0.15, 0.2) is 6.20 Å². The number of carbonyl (C=O) groups excluding carboxylic acids is 1. The lowest BCUT2D eigenvalue weighted by molar-refractivity contribution is 0.0929. The number of nitrogens with one attached hydrogen (secondary N) is 1. The average molecular weight is 266 g/mol. The first-order valence-corrected chi connectivity index (χ1v) is 6.35. The molecule has 0 spiro atoms. The maximum Gasteiger partial charge on any atom is 0.272 e. The number of rotatable bonds is 6. The predicted octanol–water partition coefficient (Wildman–Crippen LogP) is 1.19. The second-order valence-electron chi connectivity index (χ2n) is 4.96. The predicted molar refractivity (Wildman–Crippen MR) is 73.9 cm³/mol. The van der Waals surface area contributed by atoms with Crippen LogP contribution in [0.4, 0.5) is 5.69 Å². The Labute approximate surface area is 113 Å². The Kier molecular flexibility index (Phi) is 5.69. The summed E-state index contributed by atoms with van der Waals surface area (Å²) in [5.74, 6) is 0.732. The van der Waals surface area contributed by atoms with Crippen molar-refractivity contribution in [2.75, 3.05) is 26.0 Å². The Balaban J connectivity index is 2.73. The molecule has 0 radical (unpaired) electrons. The fourth-order valence-electron chi connectivity index (χ4n) is 1.56. The molecule has 1 atom stereocenters. The van der Waals surface area contributed by atoms with Gasteiger partial charge in [-0.05, 0) is 5.92 Å². The van der Waals surface area contributed by atoms with E-state index < -0.39 is 0 Å². The topological polar surface area (TPSA) is 90.1 Å². The van der Waals surface area contributed by atoms with E-state index in [2.05, 4.69) is 15.3 Å². The quantitative estimate of drug-likeness (QED) is 0.807. The van der Waals surface area contributed by atoms with Gasteiger partial charge in [0.2, 0.25) is 0 Å². The van der Waals surface area contributed by atoms with Gasteiger partial charge in [-0.25, -0.2) is 9.97 Å². The van der Waals surface area contributed by atoms with Gasteiger partial charge in [0.05, 0.1) is 18.5 Å². The molecule has 0 fully saturated rings. The van der Waals surface area contributed by atoms with E-state index in [9.17, 15) is 4.79 Å². The molecule has 106 valence electrons. The summed E-state index contributed by atoms with van der Waals surface area (Å²) in [7, 11) is 1.63. The molecule has 19 heavy (non-hydrogen) atoms. The van der Waals surface area contributed by atoms with Crippen LogP contribution in [0, 0.1) is 5.92 Å². The molecule has 0 saturated heterocycles. The van der Waals surface area contributed by atoms with E-state index in [0.29, 0.717) is 24.7 Å². The van der Waals surface area contributed by atoms with Gasteiger partial charge in [0, 0.05) is 19.6 Å². The highest BCUT2D eigenvalue weighted by Gasteiger charge is 2.15. The Morgan fingerprint density at radius 1 is 1.47 bits per heavy atom. The number of nitrogen functional groups attached to an aromatic ring is 1. The van der Waals surface area contributed by atoms with E-state index >= 15 is 0 Å². The lowest BCUT2D eigenvalue weighted by Gasteiger charge is -2.13. The zero-order valence-corrected chi connectivity index (χ0v) is 11.9. The van der Waals surface area contributed by atoms with Crippen LogP contribution in [-0.2, 0) is 4.74 Å². The number of anilines is 1. The van der Waals surface area contributed by atoms with Crippen LogP contribution in [0.5, 0.6) is 0 Å². The molecule has 6 nitrogen and oxygen atoms in total. The highest BCUT2D eigenvalue weighted by atomic mass is 16.5. The monoisotopic (exact) mass is 266 g/mol. The molecule has 0 aromatic carbocycles. The van der Waals surface area contributed by atoms with Gasteiger partial charge in [-0.2, -0.15) is 0 Å². The number of hydrogen-bond acceptors (Lipinski definition) is 5. The Morgan fingerprint density at radius 3 is 2.74 bits per heavy atom. The standard InChI is InChI=1S/C13H22N4O2/c1-8(2)12-15-6-10(14)11(17-12)13(18)16-5-9(3)7-19-4/h6,8-9H,5,7,14H2,1-4H3,(H,16,18). The van der Waals surface area contributed by atoms with Crippen molar-refractivity contribution in [3.63, 3.8) is 0 Å². The minimum Gasteiger partial charge on any atom is -0.396 e. The normalized spacial score (nSPS) is 12.5. The number of methoxy groups -OCH3 is 1. The fourth-order valence-corrected chi connectivity index (χ4v) is 1.56. The molecule has 1 unspecified atom stereocenters. The van der Waals surface area contributed by atoms with Crippen molar-refractivity contribution in [2.45, 2.75) is 26.7 Å². The molecule has 6 heteroatoms. The lowest BCUT2D eigenvalue weighted by Crippen LogP contribution is -2.31. The summed E-state index contributed by atoms with van der Waals surface area (Å²) in [4.78, 5) is 20.4. The van der Waals surface area contributed by atoms with Gasteiger partial charge in [0.25, 0.3) is 5.91 Å². The smallest absolute Gasteiger partial charge is 0.272 e. The summed E-state index contributed by atoms with van der Waals surface area (Å²) in [5, 5.41) is 2.80. The van der Waals surface area contributed by atoms with Crippen molar-refractivity contribution in [3.8, 4) is 0 Å². The third-order valence-electron chi connectivity index (χ3n) is 2.63. The first kappa shape index (κ1) is 15.4. The third kappa shape index (κ3) is 4.48. The summed E-state index contributed by atoms with van der Waals surface area (Å²) < 4.78 is 5.01. The molecular weight excluding hydrogens is 244 g/mol. The van der Waals surface area contributed by atoms with Crippen molar-refractivity contribution >= 4 is 11.6 Å². The van der Waals surface area contributed by atoms with Crippen LogP contribution >= 0.6 is 0 Å². The van der Waals surface area contributed by atoms with Crippen molar-refractivity contribution < 1.29 is 9.53 Å². The van der Waals surface area contributed by atoms with Gasteiger partial charge in [-0.15, -0.1) is 0 Å². The Hall–Kier alpha value is -1.69. The molecule has 0 aliphatic rings. The molecule has 1 heterocycles. The average Bonchev–Trinajstić information content (AvgIpc) is 2.36. The molecule has 0 bridgehead atoms. The first-order chi connectivity index (χ1) is 8.95. The lowest BCUT2D eigenvalue weighted by atomic mass is 10.2. The van der Waals surface area contributed by atoms with Crippen LogP contribution < -0.4 is 11.1 Å². The van der Waals surface area contributed by atoms with E-state index in [4.69, 9.17) is 10.5 Å². The summed E-state index contributed by atoms with van der Waals surface area (Å²) in [6, 6.07) is 0. The molecule has 3 N–H and O–H groups in total. The number of carbonyl (C=O) groups is 1. The number of nitrogens with two attached hydrogens (primary N) is 1. The van der Waals surface area contributed by atoms with Crippen molar-refractivity contribution in [3.05, 3.63) is 17.7 Å². The summed E-state index contributed by atoms with van der Waals surface area (Å²) >= 11 is 0. The minimum atomic E-state index is -0.273.